The Kier molecular flexibility index (Phi) is 7.12. The largest absolute Gasteiger partial charge is 0.365 e. The van der Waals surface area contributed by atoms with Crippen molar-refractivity contribution >= 4 is 34.8 Å². The van der Waals surface area contributed by atoms with Gasteiger partial charge in [0, 0.05) is 11.1 Å². The van der Waals surface area contributed by atoms with Crippen LogP contribution in [-0.4, -0.2) is 18.0 Å². The van der Waals surface area contributed by atoms with Crippen LogP contribution in [0.4, 0.5) is 0 Å². The molecule has 0 bridgehead atoms. The van der Waals surface area contributed by atoms with E-state index in [0.29, 0.717) is 5.03 Å². The van der Waals surface area contributed by atoms with Crippen molar-refractivity contribution in [1.29, 1.82) is 0 Å². The Bertz CT molecular complexity index is 156. The molecule has 1 N–H and O–H groups in total. The van der Waals surface area contributed by atoms with Crippen LogP contribution in [-0.2, 0) is 4.74 Å². The van der Waals surface area contributed by atoms with E-state index in [9.17, 15) is 0 Å². The lowest BCUT2D eigenvalue weighted by molar-refractivity contribution is -0.0530. The predicted molar refractivity (Wildman–Crippen MR) is 46.7 cm³/mol. The number of aliphatic hydroxyl groups is 1. The third kappa shape index (κ3) is 6.66. The normalized spacial score (nSPS) is 15.8. The lowest BCUT2D eigenvalue weighted by atomic mass is 10.6. The van der Waals surface area contributed by atoms with Gasteiger partial charge < -0.3 is 9.84 Å². The zero-order valence-electron chi connectivity index (χ0n) is 5.51. The SMILES string of the molecule is OC(C=CCl)OCC(Cl)=CCl. The molecule has 1 unspecified atom stereocenters. The lowest BCUT2D eigenvalue weighted by Crippen LogP contribution is -2.08. The smallest absolute Gasteiger partial charge is 0.175 e. The lowest BCUT2D eigenvalue weighted by Gasteiger charge is -2.05. The minimum Gasteiger partial charge on any atom is -0.365 e. The van der Waals surface area contributed by atoms with E-state index in [2.05, 4.69) is 0 Å². The zero-order valence-corrected chi connectivity index (χ0v) is 7.77. The van der Waals surface area contributed by atoms with Gasteiger partial charge in [0.15, 0.2) is 6.29 Å². The van der Waals surface area contributed by atoms with Crippen molar-refractivity contribution in [1.82, 2.24) is 0 Å². The summed E-state index contributed by atoms with van der Waals surface area (Å²) < 4.78 is 4.73. The number of hydrogen-bond donors (Lipinski definition) is 1. The monoisotopic (exact) mass is 216 g/mol. The molecule has 0 saturated heterocycles. The van der Waals surface area contributed by atoms with Gasteiger partial charge in [-0.15, -0.1) is 0 Å². The molecule has 0 rings (SSSR count). The highest BCUT2D eigenvalue weighted by Crippen LogP contribution is 2.04. The molecule has 0 radical (unpaired) electrons. The van der Waals surface area contributed by atoms with Crippen LogP contribution in [0.25, 0.3) is 0 Å². The van der Waals surface area contributed by atoms with Gasteiger partial charge in [-0.2, -0.15) is 0 Å². The van der Waals surface area contributed by atoms with Crippen molar-refractivity contribution in [2.75, 3.05) is 6.61 Å². The van der Waals surface area contributed by atoms with Crippen LogP contribution in [0, 0.1) is 0 Å². The Hall–Kier alpha value is 0.270. The summed E-state index contributed by atoms with van der Waals surface area (Å²) in [4.78, 5) is 0. The molecule has 0 spiro atoms. The molecule has 0 aliphatic carbocycles. The highest BCUT2D eigenvalue weighted by Gasteiger charge is 1.98. The molecule has 2 nitrogen and oxygen atoms in total. The Balaban J connectivity index is 3.53. The predicted octanol–water partition coefficient (Wildman–Crippen LogP) is 2.39. The molecule has 0 aliphatic rings. The number of ether oxygens (including phenoxy) is 1. The van der Waals surface area contributed by atoms with Crippen LogP contribution in [0.1, 0.15) is 0 Å². The van der Waals surface area contributed by atoms with Crippen molar-refractivity contribution in [3.63, 3.8) is 0 Å². The average molecular weight is 217 g/mol. The minimum absolute atomic E-state index is 0.0629. The van der Waals surface area contributed by atoms with Crippen LogP contribution in [0.3, 0.4) is 0 Å². The van der Waals surface area contributed by atoms with Gasteiger partial charge >= 0.3 is 0 Å². The molecule has 0 amide bonds. The highest BCUT2D eigenvalue weighted by atomic mass is 35.5. The molecule has 0 fully saturated rings. The van der Waals surface area contributed by atoms with Crippen LogP contribution in [0.2, 0.25) is 0 Å². The Morgan fingerprint density at radius 1 is 1.55 bits per heavy atom. The summed E-state index contributed by atoms with van der Waals surface area (Å²) in [5, 5.41) is 9.18. The Morgan fingerprint density at radius 3 is 2.64 bits per heavy atom. The van der Waals surface area contributed by atoms with Gasteiger partial charge in [0.2, 0.25) is 0 Å². The molecule has 11 heavy (non-hydrogen) atoms. The maximum Gasteiger partial charge on any atom is 0.175 e. The number of halogens is 3. The van der Waals surface area contributed by atoms with Crippen molar-refractivity contribution in [3.05, 3.63) is 22.2 Å². The van der Waals surface area contributed by atoms with Crippen LogP contribution < -0.4 is 0 Å². The number of rotatable bonds is 4. The zero-order chi connectivity index (χ0) is 8.69. The topological polar surface area (TPSA) is 29.5 Å². The van der Waals surface area contributed by atoms with Crippen molar-refractivity contribution < 1.29 is 9.84 Å². The van der Waals surface area contributed by atoms with Gasteiger partial charge in [-0.1, -0.05) is 34.8 Å². The minimum atomic E-state index is -1.04. The summed E-state index contributed by atoms with van der Waals surface area (Å²) in [6, 6.07) is 0. The summed E-state index contributed by atoms with van der Waals surface area (Å²) in [5.41, 5.74) is 2.32. The molecule has 0 heterocycles. The highest BCUT2D eigenvalue weighted by molar-refractivity contribution is 6.36. The van der Waals surface area contributed by atoms with E-state index in [-0.39, 0.29) is 6.61 Å². The first-order chi connectivity index (χ1) is 5.20. The summed E-state index contributed by atoms with van der Waals surface area (Å²) in [5.74, 6) is 0. The second-order valence-electron chi connectivity index (χ2n) is 1.58. The van der Waals surface area contributed by atoms with Gasteiger partial charge in [-0.05, 0) is 6.08 Å². The molecule has 0 aromatic carbocycles. The second kappa shape index (κ2) is 6.95. The van der Waals surface area contributed by atoms with Crippen molar-refractivity contribution in [2.24, 2.45) is 0 Å². The molecule has 1 atom stereocenters. The maximum absolute atomic E-state index is 8.87. The fourth-order valence-corrected chi connectivity index (χ4v) is 0.565. The first kappa shape index (κ1) is 11.3. The molecule has 5 heteroatoms. The van der Waals surface area contributed by atoms with E-state index in [1.54, 1.807) is 0 Å². The molecule has 0 saturated carbocycles. The van der Waals surface area contributed by atoms with E-state index >= 15 is 0 Å². The maximum atomic E-state index is 8.87. The quantitative estimate of drug-likeness (QED) is 0.733. The van der Waals surface area contributed by atoms with Crippen molar-refractivity contribution in [2.45, 2.75) is 6.29 Å². The molecule has 64 valence electrons. The first-order valence-electron chi connectivity index (χ1n) is 2.72. The Morgan fingerprint density at radius 2 is 2.18 bits per heavy atom. The van der Waals surface area contributed by atoms with Crippen LogP contribution in [0.15, 0.2) is 22.2 Å². The van der Waals surface area contributed by atoms with Gasteiger partial charge in [-0.3, -0.25) is 0 Å². The molecule has 0 aromatic rings. The second-order valence-corrected chi connectivity index (χ2v) is 2.53. The molecule has 0 aromatic heterocycles. The van der Waals surface area contributed by atoms with Gasteiger partial charge in [-0.25, -0.2) is 0 Å². The fraction of sp³-hybridized carbons (Fsp3) is 0.333. The molecular formula is C6H7Cl3O2. The molecule has 0 aliphatic heterocycles. The van der Waals surface area contributed by atoms with Crippen molar-refractivity contribution in [3.8, 4) is 0 Å². The van der Waals surface area contributed by atoms with E-state index in [0.717, 1.165) is 5.54 Å². The summed E-state index contributed by atoms with van der Waals surface area (Å²) in [6.45, 7) is 0.0629. The standard InChI is InChI=1S/C6H7Cl3O2/c7-2-1-6(10)11-4-5(9)3-8/h1-3,6,10H,4H2. The summed E-state index contributed by atoms with van der Waals surface area (Å²) >= 11 is 15.8. The average Bonchev–Trinajstić information content (AvgIpc) is 2.01. The van der Waals surface area contributed by atoms with Gasteiger partial charge in [0.05, 0.1) is 11.6 Å². The van der Waals surface area contributed by atoms with Gasteiger partial charge in [0.25, 0.3) is 0 Å². The van der Waals surface area contributed by atoms with E-state index in [1.807, 2.05) is 0 Å². The fourth-order valence-electron chi connectivity index (χ4n) is 0.314. The Labute approximate surface area is 80.0 Å². The van der Waals surface area contributed by atoms with E-state index in [4.69, 9.17) is 44.6 Å². The summed E-state index contributed by atoms with van der Waals surface area (Å²) in [7, 11) is 0. The van der Waals surface area contributed by atoms with E-state index < -0.39 is 6.29 Å². The third-order valence-corrected chi connectivity index (χ3v) is 1.49. The van der Waals surface area contributed by atoms with E-state index in [1.165, 1.54) is 11.6 Å². The van der Waals surface area contributed by atoms with Crippen LogP contribution >= 0.6 is 34.8 Å². The van der Waals surface area contributed by atoms with Gasteiger partial charge in [0.1, 0.15) is 0 Å². The first-order valence-corrected chi connectivity index (χ1v) is 3.97. The number of aliphatic hydroxyl groups excluding tert-OH is 1. The third-order valence-electron chi connectivity index (χ3n) is 0.748. The number of hydrogen-bond acceptors (Lipinski definition) is 2. The summed E-state index contributed by atoms with van der Waals surface area (Å²) in [6.07, 6.45) is 0.220. The molecular weight excluding hydrogens is 210 g/mol. The van der Waals surface area contributed by atoms with Crippen LogP contribution in [0.5, 0.6) is 0 Å².